The van der Waals surface area contributed by atoms with Crippen LogP contribution in [0.25, 0.3) is 61.7 Å². The molecule has 0 unspecified atom stereocenters. The fraction of sp³-hybridized carbons (Fsp3) is 0.0294. The van der Waals surface area contributed by atoms with Crippen molar-refractivity contribution in [3.8, 4) is 39.9 Å². The van der Waals surface area contributed by atoms with Gasteiger partial charge in [-0.3, -0.25) is 0 Å². The first kappa shape index (κ1) is 22.1. The predicted octanol–water partition coefficient (Wildman–Crippen LogP) is 8.28. The molecule has 180 valence electrons. The van der Waals surface area contributed by atoms with E-state index in [-0.39, 0.29) is 0 Å². The minimum Gasteiger partial charge on any atom is -0.309 e. The highest BCUT2D eigenvalue weighted by atomic mass is 15.0. The van der Waals surface area contributed by atoms with Gasteiger partial charge < -0.3 is 4.57 Å². The number of fused-ring (bicyclic) bond motifs is 3. The third-order valence-corrected chi connectivity index (χ3v) is 6.98. The van der Waals surface area contributed by atoms with Crippen LogP contribution in [-0.4, -0.2) is 19.5 Å². The van der Waals surface area contributed by atoms with Gasteiger partial charge >= 0.3 is 0 Å². The molecule has 0 amide bonds. The molecule has 0 aliphatic carbocycles. The first-order chi connectivity index (χ1) is 18.8. The van der Waals surface area contributed by atoms with Crippen molar-refractivity contribution in [1.82, 2.24) is 19.5 Å². The summed E-state index contributed by atoms with van der Waals surface area (Å²) in [4.78, 5) is 14.6. The molecule has 0 bridgehead atoms. The molecule has 2 aromatic heterocycles. The van der Waals surface area contributed by atoms with Crippen molar-refractivity contribution >= 4 is 21.8 Å². The maximum Gasteiger partial charge on any atom is 0.164 e. The summed E-state index contributed by atoms with van der Waals surface area (Å²) in [6.07, 6.45) is 0. The van der Waals surface area contributed by atoms with Gasteiger partial charge in [-0.05, 0) is 42.8 Å². The Morgan fingerprint density at radius 3 is 1.39 bits per heavy atom. The summed E-state index contributed by atoms with van der Waals surface area (Å²) in [5.41, 5.74) is 7.58. The lowest BCUT2D eigenvalue weighted by Gasteiger charge is -2.13. The van der Waals surface area contributed by atoms with Crippen molar-refractivity contribution in [2.45, 2.75) is 6.92 Å². The second-order valence-corrected chi connectivity index (χ2v) is 9.41. The number of aryl methyl sites for hydroxylation is 1. The molecule has 0 N–H and O–H groups in total. The molecule has 0 aliphatic rings. The summed E-state index contributed by atoms with van der Waals surface area (Å²) >= 11 is 0. The van der Waals surface area contributed by atoms with Crippen molar-refractivity contribution in [1.29, 1.82) is 0 Å². The van der Waals surface area contributed by atoms with E-state index < -0.39 is 0 Å². The topological polar surface area (TPSA) is 43.6 Å². The summed E-state index contributed by atoms with van der Waals surface area (Å²) in [7, 11) is 0. The second-order valence-electron chi connectivity index (χ2n) is 9.41. The van der Waals surface area contributed by atoms with E-state index in [1.165, 1.54) is 21.8 Å². The van der Waals surface area contributed by atoms with E-state index in [1.807, 2.05) is 60.7 Å². The minimum atomic E-state index is 0.662. The van der Waals surface area contributed by atoms with Crippen LogP contribution in [0.1, 0.15) is 5.56 Å². The standard InChI is InChI=1S/C34H24N4/c1-23-22-26(20-21-29(23)38-30-18-10-8-16-27(30)28-17-9-11-19-31(28)38)34-36-32(24-12-4-2-5-13-24)35-33(37-34)25-14-6-3-7-15-25/h2-22H,1H3. The summed E-state index contributed by atoms with van der Waals surface area (Å²) in [5, 5.41) is 2.51. The Labute approximate surface area is 220 Å². The monoisotopic (exact) mass is 488 g/mol. The molecule has 38 heavy (non-hydrogen) atoms. The van der Waals surface area contributed by atoms with E-state index >= 15 is 0 Å². The van der Waals surface area contributed by atoms with Gasteiger partial charge in [-0.2, -0.15) is 0 Å². The molecule has 0 radical (unpaired) electrons. The highest BCUT2D eigenvalue weighted by Crippen LogP contribution is 2.34. The van der Waals surface area contributed by atoms with Crippen molar-refractivity contribution in [2.24, 2.45) is 0 Å². The van der Waals surface area contributed by atoms with Crippen LogP contribution in [-0.2, 0) is 0 Å². The van der Waals surface area contributed by atoms with Crippen LogP contribution in [0.4, 0.5) is 0 Å². The quantitative estimate of drug-likeness (QED) is 0.250. The second kappa shape index (κ2) is 9.09. The maximum atomic E-state index is 4.90. The van der Waals surface area contributed by atoms with Gasteiger partial charge in [0, 0.05) is 33.2 Å². The van der Waals surface area contributed by atoms with E-state index in [0.29, 0.717) is 17.5 Å². The minimum absolute atomic E-state index is 0.662. The van der Waals surface area contributed by atoms with Crippen molar-refractivity contribution in [2.75, 3.05) is 0 Å². The number of benzene rings is 5. The maximum absolute atomic E-state index is 4.90. The van der Waals surface area contributed by atoms with Gasteiger partial charge in [0.25, 0.3) is 0 Å². The first-order valence-electron chi connectivity index (χ1n) is 12.7. The Bertz CT molecular complexity index is 1810. The molecule has 5 aromatic carbocycles. The Morgan fingerprint density at radius 1 is 0.447 bits per heavy atom. The molecular formula is C34H24N4. The zero-order valence-corrected chi connectivity index (χ0v) is 20.9. The molecule has 4 heteroatoms. The molecule has 0 spiro atoms. The van der Waals surface area contributed by atoms with Crippen LogP contribution in [0.3, 0.4) is 0 Å². The van der Waals surface area contributed by atoms with E-state index in [0.717, 1.165) is 27.9 Å². The Kier molecular flexibility index (Phi) is 5.30. The number of hydrogen-bond donors (Lipinski definition) is 0. The molecular weight excluding hydrogens is 464 g/mol. The smallest absolute Gasteiger partial charge is 0.164 e. The van der Waals surface area contributed by atoms with E-state index in [9.17, 15) is 0 Å². The van der Waals surface area contributed by atoms with Gasteiger partial charge in [-0.1, -0.05) is 97.1 Å². The summed E-state index contributed by atoms with van der Waals surface area (Å²) < 4.78 is 2.35. The van der Waals surface area contributed by atoms with Crippen LogP contribution < -0.4 is 0 Å². The van der Waals surface area contributed by atoms with Gasteiger partial charge in [-0.25, -0.2) is 15.0 Å². The van der Waals surface area contributed by atoms with Crippen LogP contribution in [0.5, 0.6) is 0 Å². The van der Waals surface area contributed by atoms with Crippen molar-refractivity contribution in [3.05, 3.63) is 133 Å². The van der Waals surface area contributed by atoms with Gasteiger partial charge in [-0.15, -0.1) is 0 Å². The van der Waals surface area contributed by atoms with Crippen LogP contribution in [0.15, 0.2) is 127 Å². The van der Waals surface area contributed by atoms with Crippen LogP contribution in [0, 0.1) is 6.92 Å². The SMILES string of the molecule is Cc1cc(-c2nc(-c3ccccc3)nc(-c3ccccc3)n2)ccc1-n1c2ccccc2c2ccccc21. The summed E-state index contributed by atoms with van der Waals surface area (Å²) in [6.45, 7) is 2.15. The zero-order valence-electron chi connectivity index (χ0n) is 20.9. The molecule has 4 nitrogen and oxygen atoms in total. The number of aromatic nitrogens is 4. The number of hydrogen-bond acceptors (Lipinski definition) is 3. The summed E-state index contributed by atoms with van der Waals surface area (Å²) in [6, 6.07) is 43.8. The van der Waals surface area contributed by atoms with Crippen molar-refractivity contribution in [3.63, 3.8) is 0 Å². The van der Waals surface area contributed by atoms with Gasteiger partial charge in [0.05, 0.1) is 11.0 Å². The number of nitrogens with zero attached hydrogens (tertiary/aromatic N) is 4. The molecule has 7 rings (SSSR count). The average Bonchev–Trinajstić information content (AvgIpc) is 3.32. The molecule has 0 atom stereocenters. The van der Waals surface area contributed by atoms with E-state index in [2.05, 4.69) is 78.2 Å². The Balaban J connectivity index is 1.40. The predicted molar refractivity (Wildman–Crippen MR) is 155 cm³/mol. The first-order valence-corrected chi connectivity index (χ1v) is 12.7. The fourth-order valence-electron chi connectivity index (χ4n) is 5.17. The van der Waals surface area contributed by atoms with Crippen LogP contribution in [0.2, 0.25) is 0 Å². The summed E-state index contributed by atoms with van der Waals surface area (Å²) in [5.74, 6) is 1.99. The normalized spacial score (nSPS) is 11.3. The molecule has 0 fully saturated rings. The molecule has 0 aliphatic heterocycles. The lowest BCUT2D eigenvalue weighted by molar-refractivity contribution is 1.07. The number of para-hydroxylation sites is 2. The number of rotatable bonds is 4. The van der Waals surface area contributed by atoms with E-state index in [4.69, 9.17) is 15.0 Å². The highest BCUT2D eigenvalue weighted by molar-refractivity contribution is 6.09. The van der Waals surface area contributed by atoms with Crippen molar-refractivity contribution < 1.29 is 0 Å². The molecule has 7 aromatic rings. The molecule has 2 heterocycles. The van der Waals surface area contributed by atoms with Gasteiger partial charge in [0.2, 0.25) is 0 Å². The lowest BCUT2D eigenvalue weighted by atomic mass is 10.1. The molecule has 0 saturated carbocycles. The Hall–Kier alpha value is -5.09. The Morgan fingerprint density at radius 2 is 0.895 bits per heavy atom. The third kappa shape index (κ3) is 3.75. The largest absolute Gasteiger partial charge is 0.309 e. The lowest BCUT2D eigenvalue weighted by Crippen LogP contribution is -2.01. The van der Waals surface area contributed by atoms with Gasteiger partial charge in [0.1, 0.15) is 0 Å². The van der Waals surface area contributed by atoms with E-state index in [1.54, 1.807) is 0 Å². The molecule has 0 saturated heterocycles. The van der Waals surface area contributed by atoms with Gasteiger partial charge in [0.15, 0.2) is 17.5 Å². The zero-order chi connectivity index (χ0) is 25.5. The highest BCUT2D eigenvalue weighted by Gasteiger charge is 2.16. The average molecular weight is 489 g/mol. The fourth-order valence-corrected chi connectivity index (χ4v) is 5.17. The van der Waals surface area contributed by atoms with Crippen LogP contribution >= 0.6 is 0 Å². The third-order valence-electron chi connectivity index (χ3n) is 6.98.